The summed E-state index contributed by atoms with van der Waals surface area (Å²) in [5.41, 5.74) is 4.26. The van der Waals surface area contributed by atoms with Crippen LogP contribution in [0.2, 0.25) is 0 Å². The van der Waals surface area contributed by atoms with Gasteiger partial charge in [-0.25, -0.2) is 0 Å². The van der Waals surface area contributed by atoms with Crippen LogP contribution in [0.3, 0.4) is 0 Å². The Balaban J connectivity index is 2.08. The standard InChI is InChI=1S/C13H16N2OS/c1-10-3-4-13(11(5-10)6-14-2)16-8-12-7-15-9-17-12/h3-5,7,9,14H,6,8H2,1-2H3. The molecule has 0 amide bonds. The molecular formula is C13H16N2OS. The molecule has 1 aromatic heterocycles. The molecule has 3 nitrogen and oxygen atoms in total. The Morgan fingerprint density at radius 3 is 3.00 bits per heavy atom. The highest BCUT2D eigenvalue weighted by atomic mass is 32.1. The molecule has 0 fully saturated rings. The third-order valence-electron chi connectivity index (χ3n) is 2.44. The largest absolute Gasteiger partial charge is 0.488 e. The lowest BCUT2D eigenvalue weighted by Gasteiger charge is -2.11. The smallest absolute Gasteiger partial charge is 0.124 e. The van der Waals surface area contributed by atoms with Gasteiger partial charge in [0.15, 0.2) is 0 Å². The van der Waals surface area contributed by atoms with Crippen LogP contribution in [0.15, 0.2) is 29.9 Å². The Morgan fingerprint density at radius 1 is 1.41 bits per heavy atom. The van der Waals surface area contributed by atoms with Gasteiger partial charge in [-0.3, -0.25) is 4.98 Å². The minimum atomic E-state index is 0.588. The predicted molar refractivity (Wildman–Crippen MR) is 70.4 cm³/mol. The first-order valence-electron chi connectivity index (χ1n) is 5.54. The number of thiazole rings is 1. The van der Waals surface area contributed by atoms with Crippen molar-refractivity contribution in [1.29, 1.82) is 0 Å². The molecule has 0 atom stereocenters. The van der Waals surface area contributed by atoms with Crippen molar-refractivity contribution < 1.29 is 4.74 Å². The maximum Gasteiger partial charge on any atom is 0.124 e. The fraction of sp³-hybridized carbons (Fsp3) is 0.308. The van der Waals surface area contributed by atoms with Crippen LogP contribution < -0.4 is 10.1 Å². The van der Waals surface area contributed by atoms with Crippen molar-refractivity contribution in [3.63, 3.8) is 0 Å². The number of hydrogen-bond acceptors (Lipinski definition) is 4. The van der Waals surface area contributed by atoms with E-state index >= 15 is 0 Å². The van der Waals surface area contributed by atoms with Crippen molar-refractivity contribution in [2.45, 2.75) is 20.1 Å². The molecule has 0 aliphatic carbocycles. The second-order valence-corrected chi connectivity index (χ2v) is 4.87. The third-order valence-corrected chi connectivity index (χ3v) is 3.19. The summed E-state index contributed by atoms with van der Waals surface area (Å²) in [6.07, 6.45) is 1.84. The quantitative estimate of drug-likeness (QED) is 0.883. The lowest BCUT2D eigenvalue weighted by Crippen LogP contribution is -2.07. The molecule has 0 saturated heterocycles. The van der Waals surface area contributed by atoms with E-state index in [0.29, 0.717) is 6.61 Å². The van der Waals surface area contributed by atoms with Crippen LogP contribution in [0.4, 0.5) is 0 Å². The number of aromatic nitrogens is 1. The van der Waals surface area contributed by atoms with E-state index in [2.05, 4.69) is 29.4 Å². The number of hydrogen-bond donors (Lipinski definition) is 1. The fourth-order valence-electron chi connectivity index (χ4n) is 1.64. The SMILES string of the molecule is CNCc1cc(C)ccc1OCc1cncs1. The van der Waals surface area contributed by atoms with Crippen LogP contribution in [0, 0.1) is 6.92 Å². The topological polar surface area (TPSA) is 34.1 Å². The van der Waals surface area contributed by atoms with E-state index in [-0.39, 0.29) is 0 Å². The molecule has 0 spiro atoms. The first-order chi connectivity index (χ1) is 8.29. The van der Waals surface area contributed by atoms with Crippen molar-refractivity contribution in [2.75, 3.05) is 7.05 Å². The normalized spacial score (nSPS) is 10.5. The van der Waals surface area contributed by atoms with E-state index in [1.165, 1.54) is 11.1 Å². The van der Waals surface area contributed by atoms with E-state index in [4.69, 9.17) is 4.74 Å². The maximum absolute atomic E-state index is 5.82. The summed E-state index contributed by atoms with van der Waals surface area (Å²) in [5.74, 6) is 0.943. The lowest BCUT2D eigenvalue weighted by molar-refractivity contribution is 0.305. The van der Waals surface area contributed by atoms with Crippen LogP contribution >= 0.6 is 11.3 Å². The Morgan fingerprint density at radius 2 is 2.29 bits per heavy atom. The van der Waals surface area contributed by atoms with Crippen molar-refractivity contribution in [1.82, 2.24) is 10.3 Å². The van der Waals surface area contributed by atoms with E-state index in [9.17, 15) is 0 Å². The highest BCUT2D eigenvalue weighted by Gasteiger charge is 2.04. The number of benzene rings is 1. The van der Waals surface area contributed by atoms with Crippen molar-refractivity contribution in [2.24, 2.45) is 0 Å². The zero-order valence-electron chi connectivity index (χ0n) is 10.1. The Labute approximate surface area is 105 Å². The molecule has 0 bridgehead atoms. The van der Waals surface area contributed by atoms with Crippen LogP contribution in [0.1, 0.15) is 16.0 Å². The minimum Gasteiger partial charge on any atom is -0.488 e. The summed E-state index contributed by atoms with van der Waals surface area (Å²) in [6, 6.07) is 6.25. The molecule has 1 heterocycles. The second kappa shape index (κ2) is 5.80. The van der Waals surface area contributed by atoms with Gasteiger partial charge < -0.3 is 10.1 Å². The second-order valence-electron chi connectivity index (χ2n) is 3.90. The van der Waals surface area contributed by atoms with Crippen LogP contribution in [-0.4, -0.2) is 12.0 Å². The first-order valence-corrected chi connectivity index (χ1v) is 6.42. The first kappa shape index (κ1) is 12.1. The van der Waals surface area contributed by atoms with Gasteiger partial charge in [0, 0.05) is 18.3 Å². The lowest BCUT2D eigenvalue weighted by atomic mass is 10.1. The average Bonchev–Trinajstić information content (AvgIpc) is 2.81. The molecule has 2 rings (SSSR count). The number of ether oxygens (including phenoxy) is 1. The van der Waals surface area contributed by atoms with E-state index in [0.717, 1.165) is 17.2 Å². The van der Waals surface area contributed by atoms with Crippen molar-refractivity contribution >= 4 is 11.3 Å². The zero-order valence-corrected chi connectivity index (χ0v) is 10.9. The van der Waals surface area contributed by atoms with Gasteiger partial charge in [0.1, 0.15) is 12.4 Å². The highest BCUT2D eigenvalue weighted by Crippen LogP contribution is 2.21. The molecular weight excluding hydrogens is 232 g/mol. The molecule has 0 aliphatic rings. The third kappa shape index (κ3) is 3.28. The van der Waals surface area contributed by atoms with Crippen LogP contribution in [0.5, 0.6) is 5.75 Å². The van der Waals surface area contributed by atoms with Gasteiger partial charge >= 0.3 is 0 Å². The number of nitrogens with one attached hydrogen (secondary N) is 1. The van der Waals surface area contributed by atoms with Gasteiger partial charge in [-0.2, -0.15) is 0 Å². The van der Waals surface area contributed by atoms with E-state index in [1.54, 1.807) is 11.3 Å². The summed E-state index contributed by atoms with van der Waals surface area (Å²) < 4.78 is 5.82. The molecule has 1 aromatic carbocycles. The Bertz CT molecular complexity index is 468. The molecule has 90 valence electrons. The van der Waals surface area contributed by atoms with Gasteiger partial charge in [-0.05, 0) is 20.0 Å². The van der Waals surface area contributed by atoms with Crippen LogP contribution in [0.25, 0.3) is 0 Å². The molecule has 0 unspecified atom stereocenters. The molecule has 0 saturated carbocycles. The van der Waals surface area contributed by atoms with Gasteiger partial charge in [0.25, 0.3) is 0 Å². The van der Waals surface area contributed by atoms with E-state index < -0.39 is 0 Å². The van der Waals surface area contributed by atoms with Gasteiger partial charge in [0.2, 0.25) is 0 Å². The minimum absolute atomic E-state index is 0.588. The summed E-state index contributed by atoms with van der Waals surface area (Å²) in [5, 5.41) is 3.16. The summed E-state index contributed by atoms with van der Waals surface area (Å²) in [7, 11) is 1.94. The fourth-order valence-corrected chi connectivity index (χ4v) is 2.15. The molecule has 1 N–H and O–H groups in total. The molecule has 4 heteroatoms. The number of rotatable bonds is 5. The summed E-state index contributed by atoms with van der Waals surface area (Å²) in [4.78, 5) is 5.17. The Hall–Kier alpha value is -1.39. The van der Waals surface area contributed by atoms with Gasteiger partial charge in [0.05, 0.1) is 10.4 Å². The maximum atomic E-state index is 5.82. The molecule has 2 aromatic rings. The summed E-state index contributed by atoms with van der Waals surface area (Å²) in [6.45, 7) is 3.50. The molecule has 17 heavy (non-hydrogen) atoms. The molecule has 0 radical (unpaired) electrons. The predicted octanol–water partition coefficient (Wildman–Crippen LogP) is 2.75. The monoisotopic (exact) mass is 248 g/mol. The van der Waals surface area contributed by atoms with Gasteiger partial charge in [-0.15, -0.1) is 11.3 Å². The number of nitrogens with zero attached hydrogens (tertiary/aromatic N) is 1. The molecule has 0 aliphatic heterocycles. The van der Waals surface area contributed by atoms with E-state index in [1.807, 2.05) is 24.8 Å². The van der Waals surface area contributed by atoms with Crippen molar-refractivity contribution in [3.05, 3.63) is 45.9 Å². The zero-order chi connectivity index (χ0) is 12.1. The van der Waals surface area contributed by atoms with Crippen LogP contribution in [-0.2, 0) is 13.2 Å². The van der Waals surface area contributed by atoms with Crippen molar-refractivity contribution in [3.8, 4) is 5.75 Å². The highest BCUT2D eigenvalue weighted by molar-refractivity contribution is 7.09. The summed E-state index contributed by atoms with van der Waals surface area (Å²) >= 11 is 1.61. The Kier molecular flexibility index (Phi) is 4.12. The van der Waals surface area contributed by atoms with Gasteiger partial charge in [-0.1, -0.05) is 17.7 Å². The number of aryl methyl sites for hydroxylation is 1. The average molecular weight is 248 g/mol.